The molecule has 2 aromatic heterocycles. The fourth-order valence-electron chi connectivity index (χ4n) is 2.63. The first kappa shape index (κ1) is 17.5. The maximum atomic E-state index is 9.55. The number of hydrogen-bond acceptors (Lipinski definition) is 4. The van der Waals surface area contributed by atoms with E-state index in [1.165, 1.54) is 11.8 Å². The Morgan fingerprint density at radius 1 is 1.19 bits per heavy atom. The third-order valence-corrected chi connectivity index (χ3v) is 5.11. The molecule has 0 aliphatic carbocycles. The van der Waals surface area contributed by atoms with Gasteiger partial charge in [0.15, 0.2) is 5.09 Å². The summed E-state index contributed by atoms with van der Waals surface area (Å²) in [6.45, 7) is 2.02. The highest BCUT2D eigenvalue weighted by Gasteiger charge is 2.10. The summed E-state index contributed by atoms with van der Waals surface area (Å²) in [7, 11) is 0. The lowest BCUT2D eigenvalue weighted by Crippen LogP contribution is -1.84. The average Bonchev–Trinajstić information content (AvgIpc) is 3.27. The number of H-pyrrole nitrogens is 1. The van der Waals surface area contributed by atoms with Crippen molar-refractivity contribution in [2.45, 2.75) is 16.9 Å². The summed E-state index contributed by atoms with van der Waals surface area (Å²) < 4.78 is 5.83. The molecule has 132 valence electrons. The highest BCUT2D eigenvalue weighted by molar-refractivity contribution is 7.99. The molecule has 0 unspecified atom stereocenters. The van der Waals surface area contributed by atoms with Gasteiger partial charge in [0.25, 0.3) is 0 Å². The van der Waals surface area contributed by atoms with Crippen LogP contribution in [-0.2, 0) is 0 Å². The highest BCUT2D eigenvalue weighted by Crippen LogP contribution is 2.31. The second-order valence-corrected chi connectivity index (χ2v) is 7.50. The molecule has 2 heterocycles. The predicted molar refractivity (Wildman–Crippen MR) is 109 cm³/mol. The van der Waals surface area contributed by atoms with Gasteiger partial charge in [-0.25, -0.2) is 4.98 Å². The van der Waals surface area contributed by atoms with Gasteiger partial charge in [0.2, 0.25) is 0 Å². The summed E-state index contributed by atoms with van der Waals surface area (Å²) in [6.07, 6.45) is 1.69. The molecular formula is C21H14ClN3OS. The monoisotopic (exact) mass is 391 g/mol. The maximum absolute atomic E-state index is 9.55. The number of aromatic nitrogens is 2. The molecule has 4 aromatic rings. The first-order chi connectivity index (χ1) is 13.1. The molecule has 2 aromatic carbocycles. The molecule has 0 atom stereocenters. The number of allylic oxidation sites excluding steroid dienone is 1. The Bertz CT molecular complexity index is 1180. The lowest BCUT2D eigenvalue weighted by molar-refractivity contribution is 0.466. The van der Waals surface area contributed by atoms with Gasteiger partial charge >= 0.3 is 0 Å². The number of imidazole rings is 1. The van der Waals surface area contributed by atoms with Crippen molar-refractivity contribution in [2.24, 2.45) is 0 Å². The van der Waals surface area contributed by atoms with E-state index in [4.69, 9.17) is 16.0 Å². The van der Waals surface area contributed by atoms with E-state index in [2.05, 4.69) is 16.0 Å². The van der Waals surface area contributed by atoms with Crippen LogP contribution in [0.3, 0.4) is 0 Å². The summed E-state index contributed by atoms with van der Waals surface area (Å²) in [4.78, 5) is 8.72. The van der Waals surface area contributed by atoms with Gasteiger partial charge in [0.1, 0.15) is 17.7 Å². The minimum Gasteiger partial charge on any atom is -0.450 e. The molecule has 0 bridgehead atoms. The fourth-order valence-corrected chi connectivity index (χ4v) is 3.54. The molecule has 0 aliphatic heterocycles. The zero-order valence-corrected chi connectivity index (χ0v) is 15.9. The van der Waals surface area contributed by atoms with Crippen LogP contribution in [-0.4, -0.2) is 9.97 Å². The van der Waals surface area contributed by atoms with Gasteiger partial charge in [-0.05, 0) is 61.0 Å². The number of aromatic amines is 1. The molecule has 1 N–H and O–H groups in total. The van der Waals surface area contributed by atoms with Crippen molar-refractivity contribution >= 4 is 46.0 Å². The summed E-state index contributed by atoms with van der Waals surface area (Å²) >= 11 is 7.40. The number of nitriles is 1. The van der Waals surface area contributed by atoms with Crippen LogP contribution in [0.2, 0.25) is 5.02 Å². The zero-order chi connectivity index (χ0) is 18.8. The number of furan rings is 1. The highest BCUT2D eigenvalue weighted by atomic mass is 35.5. The summed E-state index contributed by atoms with van der Waals surface area (Å²) in [5, 5.41) is 11.0. The van der Waals surface area contributed by atoms with E-state index < -0.39 is 0 Å². The van der Waals surface area contributed by atoms with Crippen LogP contribution in [0.25, 0.3) is 22.7 Å². The Hall–Kier alpha value is -2.94. The Morgan fingerprint density at radius 3 is 2.78 bits per heavy atom. The third kappa shape index (κ3) is 3.92. The predicted octanol–water partition coefficient (Wildman–Crippen LogP) is 6.33. The third-order valence-electron chi connectivity index (χ3n) is 3.93. The summed E-state index contributed by atoms with van der Waals surface area (Å²) in [5.74, 6) is 1.13. The van der Waals surface area contributed by atoms with Crippen LogP contribution in [0.15, 0.2) is 69.0 Å². The molecule has 6 heteroatoms. The molecule has 0 fully saturated rings. The van der Waals surface area contributed by atoms with E-state index >= 15 is 0 Å². The number of halogens is 1. The quantitative estimate of drug-likeness (QED) is 0.412. The minimum absolute atomic E-state index is 0.418. The lowest BCUT2D eigenvalue weighted by Gasteiger charge is -1.97. The van der Waals surface area contributed by atoms with Crippen LogP contribution < -0.4 is 0 Å². The van der Waals surface area contributed by atoms with Crippen LogP contribution >= 0.6 is 23.4 Å². The van der Waals surface area contributed by atoms with Crippen LogP contribution in [0.4, 0.5) is 0 Å². The zero-order valence-electron chi connectivity index (χ0n) is 14.4. The van der Waals surface area contributed by atoms with Gasteiger partial charge < -0.3 is 9.40 Å². The molecule has 0 amide bonds. The van der Waals surface area contributed by atoms with E-state index in [1.807, 2.05) is 61.5 Å². The van der Waals surface area contributed by atoms with Crippen LogP contribution in [0.1, 0.15) is 17.1 Å². The van der Waals surface area contributed by atoms with Crippen molar-refractivity contribution in [3.63, 3.8) is 0 Å². The number of hydrogen-bond donors (Lipinski definition) is 1. The van der Waals surface area contributed by atoms with E-state index in [0.717, 1.165) is 26.6 Å². The van der Waals surface area contributed by atoms with Gasteiger partial charge in [-0.15, -0.1) is 0 Å². The van der Waals surface area contributed by atoms with Gasteiger partial charge in [0, 0.05) is 16.0 Å². The molecule has 0 saturated heterocycles. The van der Waals surface area contributed by atoms with E-state index in [1.54, 1.807) is 6.08 Å². The lowest BCUT2D eigenvalue weighted by atomic mass is 10.2. The minimum atomic E-state index is 0.418. The Morgan fingerprint density at radius 2 is 2.00 bits per heavy atom. The second-order valence-electron chi connectivity index (χ2n) is 5.99. The van der Waals surface area contributed by atoms with Crippen molar-refractivity contribution in [3.8, 4) is 6.07 Å². The standard InChI is InChI=1S/C21H14ClN3OS/c1-13-2-8-18-19(10-13)25-21(24-18)14(12-23)11-16-5-9-20(26-16)27-17-6-3-15(22)4-7-17/h2-11H,1H3,(H,24,25)/b14-11-. The van der Waals surface area contributed by atoms with Crippen LogP contribution in [0, 0.1) is 18.3 Å². The Balaban J connectivity index is 1.60. The molecule has 27 heavy (non-hydrogen) atoms. The molecular weight excluding hydrogens is 378 g/mol. The first-order valence-corrected chi connectivity index (χ1v) is 9.42. The largest absolute Gasteiger partial charge is 0.450 e. The van der Waals surface area contributed by atoms with Gasteiger partial charge in [-0.1, -0.05) is 29.4 Å². The van der Waals surface area contributed by atoms with Crippen molar-refractivity contribution < 1.29 is 4.42 Å². The summed E-state index contributed by atoms with van der Waals surface area (Å²) in [5.41, 5.74) is 3.29. The van der Waals surface area contributed by atoms with E-state index in [0.29, 0.717) is 22.2 Å². The average molecular weight is 392 g/mol. The topological polar surface area (TPSA) is 65.6 Å². The maximum Gasteiger partial charge on any atom is 0.165 e. The number of benzene rings is 2. The molecule has 0 saturated carbocycles. The Kier molecular flexibility index (Phi) is 4.76. The van der Waals surface area contributed by atoms with E-state index in [9.17, 15) is 5.26 Å². The number of rotatable bonds is 4. The van der Waals surface area contributed by atoms with E-state index in [-0.39, 0.29) is 0 Å². The number of nitrogens with one attached hydrogen (secondary N) is 1. The van der Waals surface area contributed by atoms with Crippen LogP contribution in [0.5, 0.6) is 0 Å². The summed E-state index contributed by atoms with van der Waals surface area (Å²) in [6, 6.07) is 19.4. The second kappa shape index (κ2) is 7.36. The fraction of sp³-hybridized carbons (Fsp3) is 0.0476. The van der Waals surface area contributed by atoms with Crippen molar-refractivity contribution in [3.05, 3.63) is 76.8 Å². The number of fused-ring (bicyclic) bond motifs is 1. The molecule has 4 nitrogen and oxygen atoms in total. The molecule has 0 aliphatic rings. The normalized spacial score (nSPS) is 11.7. The first-order valence-electron chi connectivity index (χ1n) is 8.22. The molecule has 0 spiro atoms. The van der Waals surface area contributed by atoms with Crippen molar-refractivity contribution in [1.29, 1.82) is 5.26 Å². The number of nitrogens with zero attached hydrogens (tertiary/aromatic N) is 2. The van der Waals surface area contributed by atoms with Gasteiger partial charge in [-0.3, -0.25) is 0 Å². The van der Waals surface area contributed by atoms with Gasteiger partial charge in [-0.2, -0.15) is 5.26 Å². The van der Waals surface area contributed by atoms with Gasteiger partial charge in [0.05, 0.1) is 16.6 Å². The van der Waals surface area contributed by atoms with Crippen molar-refractivity contribution in [2.75, 3.05) is 0 Å². The van der Waals surface area contributed by atoms with Crippen molar-refractivity contribution in [1.82, 2.24) is 9.97 Å². The Labute approximate surface area is 165 Å². The number of aryl methyl sites for hydroxylation is 1. The smallest absolute Gasteiger partial charge is 0.165 e. The SMILES string of the molecule is Cc1ccc2nc(/C(C#N)=C\c3ccc(Sc4ccc(Cl)cc4)o3)[nH]c2c1. The molecule has 4 rings (SSSR count). The molecule has 0 radical (unpaired) electrons.